The highest BCUT2D eigenvalue weighted by atomic mass is 32.2. The summed E-state index contributed by atoms with van der Waals surface area (Å²) in [5.74, 6) is 0.133. The van der Waals surface area contributed by atoms with Crippen LogP contribution < -0.4 is 5.32 Å². The molecule has 1 aromatic rings. The number of hydrogen-bond acceptors (Lipinski definition) is 3. The molecular formula is C13H7NOS. The molecular weight excluding hydrogens is 218 g/mol. The molecule has 0 saturated carbocycles. The quantitative estimate of drug-likeness (QED) is 0.736. The first-order valence-corrected chi connectivity index (χ1v) is 5.92. The van der Waals surface area contributed by atoms with E-state index in [1.54, 1.807) is 11.8 Å². The van der Waals surface area contributed by atoms with Crippen LogP contribution >= 0.6 is 11.8 Å². The number of Topliss-reactive ketones (excluding diaryl/α,β-unsaturated/α-hetero) is 1. The Morgan fingerprint density at radius 2 is 2.19 bits per heavy atom. The smallest absolute Gasteiger partial charge is 0.196 e. The third-order valence-electron chi connectivity index (χ3n) is 3.03. The van der Waals surface area contributed by atoms with Crippen molar-refractivity contribution < 1.29 is 4.79 Å². The van der Waals surface area contributed by atoms with Crippen molar-refractivity contribution in [3.05, 3.63) is 52.6 Å². The minimum Gasteiger partial charge on any atom is -0.348 e. The average Bonchev–Trinajstić information content (AvgIpc) is 2.70. The first-order chi connectivity index (χ1) is 7.84. The Kier molecular flexibility index (Phi) is 1.41. The van der Waals surface area contributed by atoms with E-state index in [1.807, 2.05) is 30.4 Å². The van der Waals surface area contributed by atoms with E-state index in [0.717, 1.165) is 27.4 Å². The van der Waals surface area contributed by atoms with Crippen molar-refractivity contribution in [2.45, 2.75) is 4.90 Å². The van der Waals surface area contributed by atoms with Crippen molar-refractivity contribution in [2.24, 2.45) is 0 Å². The Balaban J connectivity index is 2.18. The fraction of sp³-hybridized carbons (Fsp3) is 0. The topological polar surface area (TPSA) is 29.1 Å². The molecule has 4 rings (SSSR count). The molecule has 0 aromatic heterocycles. The van der Waals surface area contributed by atoms with Gasteiger partial charge in [0.15, 0.2) is 5.78 Å². The predicted molar refractivity (Wildman–Crippen MR) is 65.1 cm³/mol. The Labute approximate surface area is 96.7 Å². The van der Waals surface area contributed by atoms with Gasteiger partial charge in [-0.2, -0.15) is 0 Å². The summed E-state index contributed by atoms with van der Waals surface area (Å²) >= 11 is 1.64. The maximum absolute atomic E-state index is 12.2. The number of fused-ring (bicyclic) bond motifs is 4. The second-order valence-corrected chi connectivity index (χ2v) is 4.97. The molecule has 1 N–H and O–H groups in total. The zero-order chi connectivity index (χ0) is 10.7. The number of hydrogen-bond donors (Lipinski definition) is 1. The molecule has 0 radical (unpaired) electrons. The predicted octanol–water partition coefficient (Wildman–Crippen LogP) is 2.95. The Bertz CT molecular complexity index is 637. The maximum Gasteiger partial charge on any atom is 0.196 e. The summed E-state index contributed by atoms with van der Waals surface area (Å²) in [6.45, 7) is 0. The minimum atomic E-state index is 0.133. The molecule has 1 aliphatic carbocycles. The van der Waals surface area contributed by atoms with Crippen LogP contribution in [0.1, 0.15) is 5.56 Å². The van der Waals surface area contributed by atoms with Gasteiger partial charge in [0.2, 0.25) is 0 Å². The van der Waals surface area contributed by atoms with Gasteiger partial charge in [-0.25, -0.2) is 0 Å². The molecule has 3 heteroatoms. The highest BCUT2D eigenvalue weighted by Gasteiger charge is 2.32. The highest BCUT2D eigenvalue weighted by Crippen LogP contribution is 2.49. The van der Waals surface area contributed by atoms with Gasteiger partial charge in [0.1, 0.15) is 0 Å². The van der Waals surface area contributed by atoms with Crippen LogP contribution in [0.2, 0.25) is 0 Å². The second kappa shape index (κ2) is 2.68. The SMILES string of the molecule is O=C1C2=CC=CC1=C1Nc3c(cccc32)S1. The Morgan fingerprint density at radius 1 is 1.25 bits per heavy atom. The summed E-state index contributed by atoms with van der Waals surface area (Å²) in [5.41, 5.74) is 3.69. The van der Waals surface area contributed by atoms with Crippen LogP contribution in [0, 0.1) is 0 Å². The number of rotatable bonds is 0. The van der Waals surface area contributed by atoms with E-state index in [1.165, 1.54) is 4.90 Å². The van der Waals surface area contributed by atoms with Crippen LogP contribution in [0.25, 0.3) is 5.57 Å². The molecule has 0 spiro atoms. The zero-order valence-corrected chi connectivity index (χ0v) is 9.10. The van der Waals surface area contributed by atoms with Gasteiger partial charge in [0.05, 0.1) is 16.3 Å². The molecule has 0 unspecified atom stereocenters. The van der Waals surface area contributed by atoms with Crippen LogP contribution in [0.15, 0.2) is 51.9 Å². The number of para-hydroxylation sites is 1. The number of benzene rings is 1. The largest absolute Gasteiger partial charge is 0.348 e. The molecule has 2 nitrogen and oxygen atoms in total. The van der Waals surface area contributed by atoms with Gasteiger partial charge in [-0.15, -0.1) is 0 Å². The number of anilines is 1. The molecule has 2 heterocycles. The first kappa shape index (κ1) is 8.42. The summed E-state index contributed by atoms with van der Waals surface area (Å²) in [5, 5.41) is 4.31. The van der Waals surface area contributed by atoms with Crippen LogP contribution in [-0.4, -0.2) is 5.78 Å². The fourth-order valence-electron chi connectivity index (χ4n) is 2.27. The monoisotopic (exact) mass is 225 g/mol. The van der Waals surface area contributed by atoms with Gasteiger partial charge >= 0.3 is 0 Å². The summed E-state index contributed by atoms with van der Waals surface area (Å²) in [6.07, 6.45) is 5.73. The third-order valence-corrected chi connectivity index (χ3v) is 4.11. The van der Waals surface area contributed by atoms with Crippen molar-refractivity contribution in [1.82, 2.24) is 0 Å². The lowest BCUT2D eigenvalue weighted by Gasteiger charge is -2.12. The summed E-state index contributed by atoms with van der Waals surface area (Å²) in [7, 11) is 0. The van der Waals surface area contributed by atoms with E-state index >= 15 is 0 Å². The fourth-order valence-corrected chi connectivity index (χ4v) is 3.32. The van der Waals surface area contributed by atoms with E-state index in [-0.39, 0.29) is 5.78 Å². The summed E-state index contributed by atoms with van der Waals surface area (Å²) in [6, 6.07) is 6.09. The average molecular weight is 225 g/mol. The maximum atomic E-state index is 12.2. The lowest BCUT2D eigenvalue weighted by atomic mass is 9.93. The minimum absolute atomic E-state index is 0.133. The van der Waals surface area contributed by atoms with Gasteiger partial charge in [-0.05, 0) is 12.1 Å². The van der Waals surface area contributed by atoms with E-state index in [2.05, 4.69) is 11.4 Å². The standard InChI is InChI=1S/C13H7NOS/c15-12-8-4-1-5-9(12)13-14-11-7(8)3-2-6-10(11)16-13/h1-6,14H. The van der Waals surface area contributed by atoms with Crippen molar-refractivity contribution in [3.8, 4) is 0 Å². The van der Waals surface area contributed by atoms with Gasteiger partial charge < -0.3 is 5.32 Å². The molecule has 0 saturated heterocycles. The van der Waals surface area contributed by atoms with E-state index in [0.29, 0.717) is 0 Å². The van der Waals surface area contributed by atoms with Gasteiger partial charge in [0.25, 0.3) is 0 Å². The molecule has 3 aliphatic rings. The third kappa shape index (κ3) is 0.870. The van der Waals surface area contributed by atoms with E-state index in [9.17, 15) is 4.79 Å². The Hall–Kier alpha value is -1.74. The van der Waals surface area contributed by atoms with Crippen molar-refractivity contribution in [1.29, 1.82) is 0 Å². The lowest BCUT2D eigenvalue weighted by Crippen LogP contribution is -2.07. The second-order valence-electron chi connectivity index (χ2n) is 3.92. The first-order valence-electron chi connectivity index (χ1n) is 5.10. The van der Waals surface area contributed by atoms with Crippen LogP contribution in [-0.2, 0) is 4.79 Å². The van der Waals surface area contributed by atoms with Crippen molar-refractivity contribution in [2.75, 3.05) is 5.32 Å². The van der Waals surface area contributed by atoms with Crippen LogP contribution in [0.4, 0.5) is 5.69 Å². The number of nitrogens with one attached hydrogen (secondary N) is 1. The summed E-state index contributed by atoms with van der Waals surface area (Å²) < 4.78 is 0. The molecule has 2 aliphatic heterocycles. The molecule has 0 fully saturated rings. The van der Waals surface area contributed by atoms with Gasteiger partial charge in [-0.3, -0.25) is 4.79 Å². The zero-order valence-electron chi connectivity index (χ0n) is 8.28. The van der Waals surface area contributed by atoms with Gasteiger partial charge in [0, 0.05) is 16.0 Å². The van der Waals surface area contributed by atoms with Crippen molar-refractivity contribution in [3.63, 3.8) is 0 Å². The van der Waals surface area contributed by atoms with Crippen molar-refractivity contribution >= 4 is 28.8 Å². The lowest BCUT2D eigenvalue weighted by molar-refractivity contribution is -0.110. The number of carbonyl (C=O) groups excluding carboxylic acids is 1. The van der Waals surface area contributed by atoms with Crippen LogP contribution in [0.3, 0.4) is 0 Å². The molecule has 0 amide bonds. The van der Waals surface area contributed by atoms with Gasteiger partial charge in [-0.1, -0.05) is 36.0 Å². The number of thioether (sulfide) groups is 1. The molecule has 16 heavy (non-hydrogen) atoms. The number of allylic oxidation sites excluding steroid dienone is 5. The van der Waals surface area contributed by atoms with E-state index < -0.39 is 0 Å². The highest BCUT2D eigenvalue weighted by molar-refractivity contribution is 8.03. The number of ketones is 1. The normalized spacial score (nSPS) is 19.5. The molecule has 76 valence electrons. The Morgan fingerprint density at radius 3 is 3.12 bits per heavy atom. The number of carbonyl (C=O) groups is 1. The molecule has 1 aromatic carbocycles. The molecule has 4 bridgehead atoms. The summed E-state index contributed by atoms with van der Waals surface area (Å²) in [4.78, 5) is 13.4. The van der Waals surface area contributed by atoms with Crippen LogP contribution in [0.5, 0.6) is 0 Å². The molecule has 0 atom stereocenters. The van der Waals surface area contributed by atoms with E-state index in [4.69, 9.17) is 0 Å².